The molecule has 3 nitrogen and oxygen atoms in total. The molecule has 0 unspecified atom stereocenters. The molecule has 0 amide bonds. The second-order valence-electron chi connectivity index (χ2n) is 2.81. The number of hydrogen-bond acceptors (Lipinski definition) is 3. The fraction of sp³-hybridized carbons (Fsp3) is 0.400. The Morgan fingerprint density at radius 3 is 2.69 bits per heavy atom. The van der Waals surface area contributed by atoms with E-state index in [4.69, 9.17) is 14.2 Å². The summed E-state index contributed by atoms with van der Waals surface area (Å²) < 4.78 is 16.0. The zero-order valence-electron chi connectivity index (χ0n) is 7.31. The zero-order chi connectivity index (χ0) is 8.93. The number of ether oxygens (including phenoxy) is 3. The molecule has 1 fully saturated rings. The topological polar surface area (TPSA) is 27.7 Å². The predicted molar refractivity (Wildman–Crippen MR) is 47.6 cm³/mol. The first-order valence-corrected chi connectivity index (χ1v) is 4.36. The van der Waals surface area contributed by atoms with Gasteiger partial charge in [-0.2, -0.15) is 0 Å². The summed E-state index contributed by atoms with van der Waals surface area (Å²) in [5.74, 6) is 0.818. The summed E-state index contributed by atoms with van der Waals surface area (Å²) in [5.41, 5.74) is 0. The summed E-state index contributed by atoms with van der Waals surface area (Å²) in [6.45, 7) is 1.78. The van der Waals surface area contributed by atoms with E-state index in [2.05, 4.69) is 0 Å². The van der Waals surface area contributed by atoms with Crippen molar-refractivity contribution in [1.29, 1.82) is 0 Å². The van der Waals surface area contributed by atoms with Crippen LogP contribution in [0.4, 0.5) is 0 Å². The summed E-state index contributed by atoms with van der Waals surface area (Å²) in [6, 6.07) is 9.61. The summed E-state index contributed by atoms with van der Waals surface area (Å²) in [5, 5.41) is 0. The fourth-order valence-corrected chi connectivity index (χ4v) is 1.19. The molecule has 1 aliphatic rings. The largest absolute Gasteiger partial charge is 0.462 e. The molecule has 1 heterocycles. The van der Waals surface area contributed by atoms with Gasteiger partial charge in [0.2, 0.25) is 6.29 Å². The molecule has 13 heavy (non-hydrogen) atoms. The lowest BCUT2D eigenvalue weighted by molar-refractivity contribution is -0.170. The molecule has 1 atom stereocenters. The molecule has 2 rings (SSSR count). The lowest BCUT2D eigenvalue weighted by Crippen LogP contribution is -2.33. The maximum atomic E-state index is 5.51. The Labute approximate surface area is 77.2 Å². The highest BCUT2D eigenvalue weighted by atomic mass is 16.7. The number of para-hydroxylation sites is 1. The Morgan fingerprint density at radius 2 is 2.00 bits per heavy atom. The summed E-state index contributed by atoms with van der Waals surface area (Å²) in [4.78, 5) is 0. The van der Waals surface area contributed by atoms with Crippen LogP contribution in [0.1, 0.15) is 0 Å². The van der Waals surface area contributed by atoms with Crippen molar-refractivity contribution in [1.82, 2.24) is 0 Å². The Balaban J connectivity index is 1.90. The van der Waals surface area contributed by atoms with E-state index in [0.717, 1.165) is 5.75 Å². The summed E-state index contributed by atoms with van der Waals surface area (Å²) >= 11 is 0. The Kier molecular flexibility index (Phi) is 2.79. The van der Waals surface area contributed by atoms with E-state index < -0.39 is 0 Å². The second-order valence-corrected chi connectivity index (χ2v) is 2.81. The lowest BCUT2D eigenvalue weighted by atomic mass is 10.3. The molecule has 0 radical (unpaired) electrons. The van der Waals surface area contributed by atoms with Crippen LogP contribution in [0, 0.1) is 0 Å². The highest BCUT2D eigenvalue weighted by Gasteiger charge is 2.14. The Morgan fingerprint density at radius 1 is 1.15 bits per heavy atom. The van der Waals surface area contributed by atoms with Gasteiger partial charge >= 0.3 is 0 Å². The lowest BCUT2D eigenvalue weighted by Gasteiger charge is -2.23. The standard InChI is InChI=1S/C10H12O3/c1-2-4-9(5-3-1)13-10-8-11-6-7-12-10/h1-5,10H,6-8H2/t10-/m1/s1. The molecule has 0 spiro atoms. The number of hydrogen-bond donors (Lipinski definition) is 0. The maximum Gasteiger partial charge on any atom is 0.223 e. The Hall–Kier alpha value is -1.06. The van der Waals surface area contributed by atoms with Crippen LogP contribution in [0.15, 0.2) is 30.3 Å². The molecule has 3 heteroatoms. The van der Waals surface area contributed by atoms with Crippen molar-refractivity contribution in [3.8, 4) is 5.75 Å². The van der Waals surface area contributed by atoms with E-state index in [0.29, 0.717) is 19.8 Å². The maximum absolute atomic E-state index is 5.51. The van der Waals surface area contributed by atoms with Gasteiger partial charge in [-0.3, -0.25) is 0 Å². The third-order valence-corrected chi connectivity index (χ3v) is 1.80. The molecule has 1 aliphatic heterocycles. The van der Waals surface area contributed by atoms with Crippen molar-refractivity contribution in [3.63, 3.8) is 0 Å². The molecule has 1 aromatic rings. The fourth-order valence-electron chi connectivity index (χ4n) is 1.19. The van der Waals surface area contributed by atoms with Crippen molar-refractivity contribution in [2.24, 2.45) is 0 Å². The molecule has 70 valence electrons. The van der Waals surface area contributed by atoms with E-state index in [1.807, 2.05) is 30.3 Å². The van der Waals surface area contributed by atoms with Gasteiger partial charge < -0.3 is 14.2 Å². The molecule has 0 saturated carbocycles. The minimum atomic E-state index is -0.254. The summed E-state index contributed by atoms with van der Waals surface area (Å²) in [7, 11) is 0. The predicted octanol–water partition coefficient (Wildman–Crippen LogP) is 1.44. The molecular formula is C10H12O3. The molecule has 0 bridgehead atoms. The summed E-state index contributed by atoms with van der Waals surface area (Å²) in [6.07, 6.45) is -0.254. The normalized spacial score (nSPS) is 22.6. The van der Waals surface area contributed by atoms with Gasteiger partial charge in [0.1, 0.15) is 12.4 Å². The first-order chi connectivity index (χ1) is 6.45. The minimum absolute atomic E-state index is 0.254. The average molecular weight is 180 g/mol. The van der Waals surface area contributed by atoms with Gasteiger partial charge in [-0.05, 0) is 12.1 Å². The second kappa shape index (κ2) is 4.25. The Bertz CT molecular complexity index is 242. The quantitative estimate of drug-likeness (QED) is 0.689. The minimum Gasteiger partial charge on any atom is -0.462 e. The van der Waals surface area contributed by atoms with Gasteiger partial charge in [-0.1, -0.05) is 18.2 Å². The molecule has 1 saturated heterocycles. The van der Waals surface area contributed by atoms with Crippen molar-refractivity contribution >= 4 is 0 Å². The molecule has 0 N–H and O–H groups in total. The average Bonchev–Trinajstić information content (AvgIpc) is 2.21. The van der Waals surface area contributed by atoms with Crippen LogP contribution in [0.5, 0.6) is 5.75 Å². The van der Waals surface area contributed by atoms with E-state index in [-0.39, 0.29) is 6.29 Å². The van der Waals surface area contributed by atoms with Crippen LogP contribution in [-0.4, -0.2) is 26.1 Å². The van der Waals surface area contributed by atoms with Crippen LogP contribution in [0.25, 0.3) is 0 Å². The van der Waals surface area contributed by atoms with Crippen molar-refractivity contribution in [2.75, 3.05) is 19.8 Å². The van der Waals surface area contributed by atoms with Gasteiger partial charge in [-0.15, -0.1) is 0 Å². The van der Waals surface area contributed by atoms with Gasteiger partial charge in [0, 0.05) is 0 Å². The molecule has 0 aromatic heterocycles. The van der Waals surface area contributed by atoms with Crippen LogP contribution in [-0.2, 0) is 9.47 Å². The van der Waals surface area contributed by atoms with Crippen molar-refractivity contribution < 1.29 is 14.2 Å². The van der Waals surface area contributed by atoms with Gasteiger partial charge in [0.05, 0.1) is 13.2 Å². The molecular weight excluding hydrogens is 168 g/mol. The van der Waals surface area contributed by atoms with E-state index in [1.54, 1.807) is 0 Å². The third kappa shape index (κ3) is 2.44. The first kappa shape index (κ1) is 8.53. The number of rotatable bonds is 2. The van der Waals surface area contributed by atoms with Crippen molar-refractivity contribution in [3.05, 3.63) is 30.3 Å². The van der Waals surface area contributed by atoms with E-state index in [1.165, 1.54) is 0 Å². The van der Waals surface area contributed by atoms with Gasteiger partial charge in [0.15, 0.2) is 0 Å². The third-order valence-electron chi connectivity index (χ3n) is 1.80. The number of benzene rings is 1. The van der Waals surface area contributed by atoms with Gasteiger partial charge in [-0.25, -0.2) is 0 Å². The van der Waals surface area contributed by atoms with E-state index in [9.17, 15) is 0 Å². The SMILES string of the molecule is c1ccc(O[C@@H]2COCCO2)cc1. The zero-order valence-corrected chi connectivity index (χ0v) is 7.31. The van der Waals surface area contributed by atoms with Crippen LogP contribution >= 0.6 is 0 Å². The first-order valence-electron chi connectivity index (χ1n) is 4.36. The van der Waals surface area contributed by atoms with Crippen molar-refractivity contribution in [2.45, 2.75) is 6.29 Å². The van der Waals surface area contributed by atoms with Crippen LogP contribution in [0.2, 0.25) is 0 Å². The highest BCUT2D eigenvalue weighted by molar-refractivity contribution is 5.21. The monoisotopic (exact) mass is 180 g/mol. The van der Waals surface area contributed by atoms with Crippen LogP contribution < -0.4 is 4.74 Å². The highest BCUT2D eigenvalue weighted by Crippen LogP contribution is 2.12. The van der Waals surface area contributed by atoms with Gasteiger partial charge in [0.25, 0.3) is 0 Å². The van der Waals surface area contributed by atoms with E-state index >= 15 is 0 Å². The smallest absolute Gasteiger partial charge is 0.223 e. The molecule has 0 aliphatic carbocycles. The molecule has 1 aromatic carbocycles. The van der Waals surface area contributed by atoms with Crippen LogP contribution in [0.3, 0.4) is 0 Å².